The number of carbonyl (C=O) groups is 1. The molecule has 2 aromatic carbocycles. The molecule has 0 aliphatic carbocycles. The van der Waals surface area contributed by atoms with Crippen LogP contribution in [0.3, 0.4) is 0 Å². The van der Waals surface area contributed by atoms with Crippen LogP contribution in [0.5, 0.6) is 11.5 Å². The molecule has 0 saturated carbocycles. The van der Waals surface area contributed by atoms with Gasteiger partial charge in [0.05, 0.1) is 12.8 Å². The monoisotopic (exact) mass is 325 g/mol. The van der Waals surface area contributed by atoms with Crippen molar-refractivity contribution in [3.63, 3.8) is 0 Å². The fourth-order valence-electron chi connectivity index (χ4n) is 2.06. The largest absolute Gasteiger partial charge is 0.497 e. The molecule has 0 radical (unpaired) electrons. The van der Waals surface area contributed by atoms with Crippen LogP contribution in [0.2, 0.25) is 0 Å². The SMILES string of the molecule is COc1cccc(-c2nc(COc3ccc(C=O)cc3)cs2)c1. The van der Waals surface area contributed by atoms with Gasteiger partial charge in [-0.1, -0.05) is 12.1 Å². The van der Waals surface area contributed by atoms with Gasteiger partial charge in [-0.15, -0.1) is 11.3 Å². The second-order valence-electron chi connectivity index (χ2n) is 4.85. The number of rotatable bonds is 6. The van der Waals surface area contributed by atoms with Gasteiger partial charge >= 0.3 is 0 Å². The average molecular weight is 325 g/mol. The van der Waals surface area contributed by atoms with Crippen molar-refractivity contribution in [2.45, 2.75) is 6.61 Å². The standard InChI is InChI=1S/C18H15NO3S/c1-21-17-4-2-3-14(9-17)18-19-15(12-23-18)11-22-16-7-5-13(10-20)6-8-16/h2-10,12H,11H2,1H3. The maximum atomic E-state index is 10.6. The van der Waals surface area contributed by atoms with Gasteiger partial charge in [-0.2, -0.15) is 0 Å². The molecule has 116 valence electrons. The van der Waals surface area contributed by atoms with Crippen molar-refractivity contribution in [3.8, 4) is 22.1 Å². The van der Waals surface area contributed by atoms with Gasteiger partial charge in [-0.05, 0) is 36.4 Å². The van der Waals surface area contributed by atoms with Crippen molar-refractivity contribution in [3.05, 3.63) is 65.2 Å². The number of methoxy groups -OCH3 is 1. The van der Waals surface area contributed by atoms with E-state index in [1.54, 1.807) is 42.7 Å². The summed E-state index contributed by atoms with van der Waals surface area (Å²) in [6, 6.07) is 14.8. The maximum Gasteiger partial charge on any atom is 0.150 e. The molecule has 0 fully saturated rings. The van der Waals surface area contributed by atoms with E-state index in [0.717, 1.165) is 28.3 Å². The van der Waals surface area contributed by atoms with Gasteiger partial charge in [-0.3, -0.25) is 4.79 Å². The summed E-state index contributed by atoms with van der Waals surface area (Å²) >= 11 is 1.57. The third-order valence-electron chi connectivity index (χ3n) is 3.27. The van der Waals surface area contributed by atoms with Crippen LogP contribution in [-0.4, -0.2) is 18.4 Å². The average Bonchev–Trinajstić information content (AvgIpc) is 3.09. The molecule has 1 heterocycles. The highest BCUT2D eigenvalue weighted by Crippen LogP contribution is 2.27. The van der Waals surface area contributed by atoms with Crippen LogP contribution in [0.15, 0.2) is 53.9 Å². The molecule has 0 amide bonds. The molecule has 0 aliphatic rings. The Labute approximate surface area is 138 Å². The zero-order chi connectivity index (χ0) is 16.1. The van der Waals surface area contributed by atoms with Crippen molar-refractivity contribution in [2.75, 3.05) is 7.11 Å². The molecule has 4 nitrogen and oxygen atoms in total. The van der Waals surface area contributed by atoms with Crippen LogP contribution in [-0.2, 0) is 6.61 Å². The molecule has 3 aromatic rings. The minimum Gasteiger partial charge on any atom is -0.497 e. The Morgan fingerprint density at radius 1 is 1.13 bits per heavy atom. The fraction of sp³-hybridized carbons (Fsp3) is 0.111. The van der Waals surface area contributed by atoms with Crippen molar-refractivity contribution in [2.24, 2.45) is 0 Å². The van der Waals surface area contributed by atoms with E-state index in [9.17, 15) is 4.79 Å². The minimum absolute atomic E-state index is 0.390. The Bertz CT molecular complexity index is 796. The number of carbonyl (C=O) groups excluding carboxylic acids is 1. The summed E-state index contributed by atoms with van der Waals surface area (Å²) in [5.74, 6) is 1.53. The van der Waals surface area contributed by atoms with Gasteiger partial charge in [0.15, 0.2) is 0 Å². The number of hydrogen-bond donors (Lipinski definition) is 0. The molecule has 23 heavy (non-hydrogen) atoms. The van der Waals surface area contributed by atoms with Crippen LogP contribution in [0.25, 0.3) is 10.6 Å². The van der Waals surface area contributed by atoms with Crippen molar-refractivity contribution < 1.29 is 14.3 Å². The van der Waals surface area contributed by atoms with Crippen LogP contribution >= 0.6 is 11.3 Å². The molecule has 0 unspecified atom stereocenters. The Kier molecular flexibility index (Phi) is 4.68. The summed E-state index contributed by atoms with van der Waals surface area (Å²) in [6.07, 6.45) is 0.810. The first-order valence-corrected chi connectivity index (χ1v) is 7.93. The van der Waals surface area contributed by atoms with Crippen LogP contribution in [0.1, 0.15) is 16.1 Å². The quantitative estimate of drug-likeness (QED) is 0.637. The first-order chi connectivity index (χ1) is 11.3. The molecule has 1 aromatic heterocycles. The molecule has 0 saturated heterocycles. The molecule has 5 heteroatoms. The normalized spacial score (nSPS) is 10.3. The minimum atomic E-state index is 0.390. The third kappa shape index (κ3) is 3.76. The first-order valence-electron chi connectivity index (χ1n) is 7.05. The lowest BCUT2D eigenvalue weighted by Gasteiger charge is -2.04. The highest BCUT2D eigenvalue weighted by molar-refractivity contribution is 7.13. The van der Waals surface area contributed by atoms with Gasteiger partial charge in [0.25, 0.3) is 0 Å². The van der Waals surface area contributed by atoms with Gasteiger partial charge in [0.2, 0.25) is 0 Å². The smallest absolute Gasteiger partial charge is 0.150 e. The predicted molar refractivity (Wildman–Crippen MR) is 90.3 cm³/mol. The van der Waals surface area contributed by atoms with Crippen molar-refractivity contribution >= 4 is 17.6 Å². The summed E-state index contributed by atoms with van der Waals surface area (Å²) in [5, 5.41) is 2.91. The molecular weight excluding hydrogens is 310 g/mol. The molecule has 0 spiro atoms. The molecule has 0 aliphatic heterocycles. The Hall–Kier alpha value is -2.66. The van der Waals surface area contributed by atoms with Crippen molar-refractivity contribution in [1.29, 1.82) is 0 Å². The van der Waals surface area contributed by atoms with Gasteiger partial charge in [0, 0.05) is 16.5 Å². The zero-order valence-corrected chi connectivity index (χ0v) is 13.4. The number of ether oxygens (including phenoxy) is 2. The molecule has 0 bridgehead atoms. The van der Waals surface area contributed by atoms with Gasteiger partial charge < -0.3 is 9.47 Å². The highest BCUT2D eigenvalue weighted by Gasteiger charge is 2.06. The number of nitrogens with zero attached hydrogens (tertiary/aromatic N) is 1. The number of aldehydes is 1. The van der Waals surface area contributed by atoms with E-state index in [0.29, 0.717) is 17.9 Å². The lowest BCUT2D eigenvalue weighted by molar-refractivity contribution is 0.112. The number of aromatic nitrogens is 1. The zero-order valence-electron chi connectivity index (χ0n) is 12.6. The van der Waals surface area contributed by atoms with Gasteiger partial charge in [0.1, 0.15) is 29.4 Å². The maximum absolute atomic E-state index is 10.6. The van der Waals surface area contributed by atoms with E-state index < -0.39 is 0 Å². The summed E-state index contributed by atoms with van der Waals surface area (Å²) in [5.41, 5.74) is 2.52. The van der Waals surface area contributed by atoms with E-state index in [1.165, 1.54) is 0 Å². The Morgan fingerprint density at radius 3 is 2.70 bits per heavy atom. The molecule has 0 N–H and O–H groups in total. The lowest BCUT2D eigenvalue weighted by atomic mass is 10.2. The van der Waals surface area contributed by atoms with E-state index >= 15 is 0 Å². The Morgan fingerprint density at radius 2 is 1.96 bits per heavy atom. The molecule has 0 atom stereocenters. The number of hydrogen-bond acceptors (Lipinski definition) is 5. The third-order valence-corrected chi connectivity index (χ3v) is 4.21. The lowest BCUT2D eigenvalue weighted by Crippen LogP contribution is -1.96. The van der Waals surface area contributed by atoms with Crippen LogP contribution < -0.4 is 9.47 Å². The van der Waals surface area contributed by atoms with Crippen LogP contribution in [0, 0.1) is 0 Å². The van der Waals surface area contributed by atoms with Gasteiger partial charge in [-0.25, -0.2) is 4.98 Å². The predicted octanol–water partition coefficient (Wildman–Crippen LogP) is 4.21. The summed E-state index contributed by atoms with van der Waals surface area (Å²) in [4.78, 5) is 15.2. The first kappa shape index (κ1) is 15.2. The topological polar surface area (TPSA) is 48.4 Å². The molecule has 3 rings (SSSR count). The summed E-state index contributed by atoms with van der Waals surface area (Å²) in [6.45, 7) is 0.390. The van der Waals surface area contributed by atoms with Crippen molar-refractivity contribution in [1.82, 2.24) is 4.98 Å². The number of benzene rings is 2. The summed E-state index contributed by atoms with van der Waals surface area (Å²) < 4.78 is 10.9. The second kappa shape index (κ2) is 7.07. The summed E-state index contributed by atoms with van der Waals surface area (Å²) in [7, 11) is 1.65. The highest BCUT2D eigenvalue weighted by atomic mass is 32.1. The van der Waals surface area contributed by atoms with E-state index in [4.69, 9.17) is 9.47 Å². The van der Waals surface area contributed by atoms with E-state index in [-0.39, 0.29) is 0 Å². The Balaban J connectivity index is 1.67. The van der Waals surface area contributed by atoms with E-state index in [2.05, 4.69) is 4.98 Å². The fourth-order valence-corrected chi connectivity index (χ4v) is 2.86. The second-order valence-corrected chi connectivity index (χ2v) is 5.71. The van der Waals surface area contributed by atoms with E-state index in [1.807, 2.05) is 29.6 Å². The number of thiazole rings is 1. The van der Waals surface area contributed by atoms with Crippen LogP contribution in [0.4, 0.5) is 0 Å². The molecular formula is C18H15NO3S.